The Balaban J connectivity index is 1.89. The van der Waals surface area contributed by atoms with Crippen molar-refractivity contribution in [3.05, 3.63) is 65.7 Å². The number of rotatable bonds is 8. The number of para-hydroxylation sites is 2. The first-order valence-corrected chi connectivity index (χ1v) is 9.83. The summed E-state index contributed by atoms with van der Waals surface area (Å²) in [6, 6.07) is 12.6. The van der Waals surface area contributed by atoms with Crippen molar-refractivity contribution in [2.45, 2.75) is 11.7 Å². The molecular formula is C20H19FN4O4S. The fourth-order valence-electron chi connectivity index (χ4n) is 2.64. The maximum atomic E-state index is 13.4. The third-order valence-electron chi connectivity index (χ3n) is 4.07. The summed E-state index contributed by atoms with van der Waals surface area (Å²) in [6.07, 6.45) is 0. The number of amides is 1. The third kappa shape index (κ3) is 4.95. The lowest BCUT2D eigenvalue weighted by atomic mass is 10.2. The van der Waals surface area contributed by atoms with Gasteiger partial charge in [0.2, 0.25) is 0 Å². The van der Waals surface area contributed by atoms with Gasteiger partial charge in [-0.05, 0) is 30.3 Å². The lowest BCUT2D eigenvalue weighted by Crippen LogP contribution is -2.24. The minimum absolute atomic E-state index is 0.0270. The molecule has 2 aromatic carbocycles. The molecule has 0 radical (unpaired) electrons. The molecule has 8 nitrogen and oxygen atoms in total. The lowest BCUT2D eigenvalue weighted by molar-refractivity contribution is -0.137. The summed E-state index contributed by atoms with van der Waals surface area (Å²) < 4.78 is 25.2. The lowest BCUT2D eigenvalue weighted by Gasteiger charge is -2.14. The Bertz CT molecular complexity index is 1060. The van der Waals surface area contributed by atoms with Gasteiger partial charge in [-0.2, -0.15) is 0 Å². The number of esters is 1. The van der Waals surface area contributed by atoms with Crippen LogP contribution in [0.25, 0.3) is 5.69 Å². The molecule has 0 saturated heterocycles. The van der Waals surface area contributed by atoms with Crippen LogP contribution in [0.15, 0.2) is 53.7 Å². The second-order valence-corrected chi connectivity index (χ2v) is 6.91. The molecule has 156 valence electrons. The fourth-order valence-corrected chi connectivity index (χ4v) is 3.43. The van der Waals surface area contributed by atoms with Crippen molar-refractivity contribution in [3.63, 3.8) is 0 Å². The Morgan fingerprint density at radius 3 is 2.67 bits per heavy atom. The van der Waals surface area contributed by atoms with Crippen molar-refractivity contribution in [1.29, 1.82) is 0 Å². The number of carbonyl (C=O) groups excluding carboxylic acids is 2. The minimum atomic E-state index is -0.499. The average Bonchev–Trinajstić information content (AvgIpc) is 3.18. The summed E-state index contributed by atoms with van der Waals surface area (Å²) in [7, 11) is 2.84. The number of aromatic nitrogens is 3. The van der Waals surface area contributed by atoms with Crippen molar-refractivity contribution in [1.82, 2.24) is 20.1 Å². The van der Waals surface area contributed by atoms with E-state index < -0.39 is 17.7 Å². The largest absolute Gasteiger partial charge is 0.495 e. The first-order valence-electron chi connectivity index (χ1n) is 8.84. The Kier molecular flexibility index (Phi) is 7.02. The third-order valence-corrected chi connectivity index (χ3v) is 4.97. The Morgan fingerprint density at radius 1 is 1.13 bits per heavy atom. The molecule has 3 rings (SSSR count). The van der Waals surface area contributed by atoms with E-state index >= 15 is 0 Å². The molecule has 30 heavy (non-hydrogen) atoms. The number of nitrogens with one attached hydrogen (secondary N) is 1. The first-order chi connectivity index (χ1) is 14.5. The van der Waals surface area contributed by atoms with Gasteiger partial charge in [0.05, 0.1) is 32.2 Å². The SMILES string of the molecule is COC(=O)CSc1nnc(CNC(=O)c2cccc(F)c2)n1-c1ccccc1OC. The molecule has 1 N–H and O–H groups in total. The van der Waals surface area contributed by atoms with E-state index in [4.69, 9.17) is 4.74 Å². The highest BCUT2D eigenvalue weighted by atomic mass is 32.2. The quantitative estimate of drug-likeness (QED) is 0.434. The van der Waals surface area contributed by atoms with E-state index in [-0.39, 0.29) is 17.9 Å². The summed E-state index contributed by atoms with van der Waals surface area (Å²) >= 11 is 1.14. The number of nitrogens with zero attached hydrogens (tertiary/aromatic N) is 3. The predicted molar refractivity (Wildman–Crippen MR) is 108 cm³/mol. The van der Waals surface area contributed by atoms with Crippen LogP contribution in [0.2, 0.25) is 0 Å². The van der Waals surface area contributed by atoms with Crippen LogP contribution < -0.4 is 10.1 Å². The van der Waals surface area contributed by atoms with E-state index in [1.165, 1.54) is 32.4 Å². The molecular weight excluding hydrogens is 411 g/mol. The molecule has 3 aromatic rings. The summed E-state index contributed by atoms with van der Waals surface area (Å²) in [5.41, 5.74) is 0.839. The van der Waals surface area contributed by atoms with Crippen LogP contribution in [-0.4, -0.2) is 46.6 Å². The van der Waals surface area contributed by atoms with Gasteiger partial charge in [0.1, 0.15) is 11.6 Å². The number of hydrogen-bond donors (Lipinski definition) is 1. The number of ether oxygens (including phenoxy) is 2. The zero-order valence-corrected chi connectivity index (χ0v) is 17.1. The number of halogens is 1. The number of benzene rings is 2. The highest BCUT2D eigenvalue weighted by Gasteiger charge is 2.19. The van der Waals surface area contributed by atoms with E-state index in [1.807, 2.05) is 18.2 Å². The Hall–Kier alpha value is -3.40. The number of carbonyl (C=O) groups is 2. The van der Waals surface area contributed by atoms with Crippen LogP contribution in [0.5, 0.6) is 5.75 Å². The fraction of sp³-hybridized carbons (Fsp3) is 0.200. The minimum Gasteiger partial charge on any atom is -0.495 e. The van der Waals surface area contributed by atoms with Crippen LogP contribution in [0.1, 0.15) is 16.2 Å². The van der Waals surface area contributed by atoms with Gasteiger partial charge in [0, 0.05) is 5.56 Å². The molecule has 10 heteroatoms. The van der Waals surface area contributed by atoms with Crippen molar-refractivity contribution >= 4 is 23.6 Å². The van der Waals surface area contributed by atoms with E-state index in [2.05, 4.69) is 20.3 Å². The van der Waals surface area contributed by atoms with Gasteiger partial charge in [0.15, 0.2) is 11.0 Å². The molecule has 0 bridgehead atoms. The van der Waals surface area contributed by atoms with E-state index in [0.29, 0.717) is 22.4 Å². The summed E-state index contributed by atoms with van der Waals surface area (Å²) in [4.78, 5) is 23.9. The molecule has 1 aromatic heterocycles. The monoisotopic (exact) mass is 430 g/mol. The first kappa shape index (κ1) is 21.3. The van der Waals surface area contributed by atoms with Crippen LogP contribution in [-0.2, 0) is 16.1 Å². The van der Waals surface area contributed by atoms with Gasteiger partial charge in [-0.25, -0.2) is 4.39 Å². The Morgan fingerprint density at radius 2 is 1.93 bits per heavy atom. The van der Waals surface area contributed by atoms with E-state index in [0.717, 1.165) is 17.8 Å². The van der Waals surface area contributed by atoms with Crippen LogP contribution in [0.4, 0.5) is 4.39 Å². The molecule has 0 aliphatic heterocycles. The molecule has 1 amide bonds. The van der Waals surface area contributed by atoms with E-state index in [1.54, 1.807) is 10.6 Å². The van der Waals surface area contributed by atoms with Crippen molar-refractivity contribution in [3.8, 4) is 11.4 Å². The predicted octanol–water partition coefficient (Wildman–Crippen LogP) is 2.61. The van der Waals surface area contributed by atoms with Gasteiger partial charge in [-0.3, -0.25) is 14.2 Å². The second kappa shape index (κ2) is 9.88. The van der Waals surface area contributed by atoms with Crippen molar-refractivity contribution < 1.29 is 23.5 Å². The highest BCUT2D eigenvalue weighted by Crippen LogP contribution is 2.28. The van der Waals surface area contributed by atoms with Crippen LogP contribution >= 0.6 is 11.8 Å². The summed E-state index contributed by atoms with van der Waals surface area (Å²) in [5.74, 6) is -0.337. The van der Waals surface area contributed by atoms with E-state index in [9.17, 15) is 14.0 Å². The summed E-state index contributed by atoms with van der Waals surface area (Å²) in [6.45, 7) is 0.0270. The molecule has 0 aliphatic carbocycles. The normalized spacial score (nSPS) is 10.5. The molecule has 1 heterocycles. The number of hydrogen-bond acceptors (Lipinski definition) is 7. The maximum absolute atomic E-state index is 13.4. The molecule has 0 fully saturated rings. The smallest absolute Gasteiger partial charge is 0.316 e. The van der Waals surface area contributed by atoms with Crippen molar-refractivity contribution in [2.24, 2.45) is 0 Å². The van der Waals surface area contributed by atoms with Gasteiger partial charge in [0.25, 0.3) is 5.91 Å². The number of methoxy groups -OCH3 is 2. The molecule has 0 unspecified atom stereocenters. The van der Waals surface area contributed by atoms with Gasteiger partial charge >= 0.3 is 5.97 Å². The van der Waals surface area contributed by atoms with Gasteiger partial charge in [-0.15, -0.1) is 10.2 Å². The maximum Gasteiger partial charge on any atom is 0.316 e. The molecule has 0 spiro atoms. The highest BCUT2D eigenvalue weighted by molar-refractivity contribution is 7.99. The van der Waals surface area contributed by atoms with Crippen molar-refractivity contribution in [2.75, 3.05) is 20.0 Å². The average molecular weight is 430 g/mol. The number of thioether (sulfide) groups is 1. The second-order valence-electron chi connectivity index (χ2n) is 5.96. The topological polar surface area (TPSA) is 95.3 Å². The zero-order valence-electron chi connectivity index (χ0n) is 16.3. The molecule has 0 aliphatic rings. The zero-order chi connectivity index (χ0) is 21.5. The van der Waals surface area contributed by atoms with Crippen LogP contribution in [0, 0.1) is 5.82 Å². The standard InChI is InChI=1S/C20H19FN4O4S/c1-28-16-9-4-3-8-15(16)25-17(23-24-20(25)30-12-18(26)29-2)11-22-19(27)13-6-5-7-14(21)10-13/h3-10H,11-12H2,1-2H3,(H,22,27). The Labute approximate surface area is 176 Å². The van der Waals surface area contributed by atoms with Crippen LogP contribution in [0.3, 0.4) is 0 Å². The van der Waals surface area contributed by atoms with Gasteiger partial charge < -0.3 is 14.8 Å². The summed E-state index contributed by atoms with van der Waals surface area (Å²) in [5, 5.41) is 11.4. The van der Waals surface area contributed by atoms with Gasteiger partial charge in [-0.1, -0.05) is 30.0 Å². The molecule has 0 saturated carbocycles. The molecule has 0 atom stereocenters.